The molecule has 0 atom stereocenters. The van der Waals surface area contributed by atoms with Gasteiger partial charge in [0.25, 0.3) is 0 Å². The van der Waals surface area contributed by atoms with Crippen molar-refractivity contribution in [2.24, 2.45) is 0 Å². The zero-order valence-corrected chi connectivity index (χ0v) is 15.4. The molecule has 152 valence electrons. The lowest BCUT2D eigenvalue weighted by Crippen LogP contribution is -2.42. The minimum atomic E-state index is -4.54. The Hall–Kier alpha value is -3.28. The maximum atomic E-state index is 13.0. The number of hydrogen-bond acceptors (Lipinski definition) is 4. The van der Waals surface area contributed by atoms with Crippen molar-refractivity contribution < 1.29 is 22.7 Å². The van der Waals surface area contributed by atoms with E-state index in [0.717, 1.165) is 6.07 Å². The molecule has 0 bridgehead atoms. The molecule has 1 aliphatic carbocycles. The zero-order valence-electron chi connectivity index (χ0n) is 15.4. The molecule has 0 unspecified atom stereocenters. The summed E-state index contributed by atoms with van der Waals surface area (Å²) in [6.45, 7) is 0. The first-order chi connectivity index (χ1) is 13.8. The van der Waals surface area contributed by atoms with Gasteiger partial charge in [-0.1, -0.05) is 12.1 Å². The molecule has 6 nitrogen and oxygen atoms in total. The number of carbonyl (C=O) groups excluding carboxylic acids is 1. The van der Waals surface area contributed by atoms with Crippen LogP contribution in [-0.4, -0.2) is 23.2 Å². The van der Waals surface area contributed by atoms with Crippen molar-refractivity contribution in [2.75, 3.05) is 5.32 Å². The number of nitrogens with one attached hydrogen (secondary N) is 2. The van der Waals surface area contributed by atoms with Gasteiger partial charge in [-0.05, 0) is 43.9 Å². The Labute approximate surface area is 165 Å². The fraction of sp³-hybridized carbons (Fsp3) is 0.350. The number of hydrogen-bond donors (Lipinski definition) is 2. The average Bonchev–Trinajstić information content (AvgIpc) is 2.69. The van der Waals surface area contributed by atoms with Gasteiger partial charge in [-0.3, -0.25) is 0 Å². The number of carbonyl (C=O) groups is 1. The Morgan fingerprint density at radius 3 is 2.48 bits per heavy atom. The van der Waals surface area contributed by atoms with E-state index in [1.165, 1.54) is 24.4 Å². The number of halogens is 3. The number of aromatic nitrogens is 1. The molecule has 1 aromatic carbocycles. The van der Waals surface area contributed by atoms with E-state index in [0.29, 0.717) is 37.1 Å². The number of para-hydroxylation sites is 1. The topological polar surface area (TPSA) is 87.0 Å². The number of ether oxygens (including phenoxy) is 1. The lowest BCUT2D eigenvalue weighted by molar-refractivity contribution is -0.136. The Bertz CT molecular complexity index is 886. The molecule has 0 spiro atoms. The van der Waals surface area contributed by atoms with Crippen LogP contribution in [0.15, 0.2) is 42.6 Å². The largest absolute Gasteiger partial charge is 0.474 e. The van der Waals surface area contributed by atoms with Gasteiger partial charge < -0.3 is 15.4 Å². The molecular weight excluding hydrogens is 385 g/mol. The van der Waals surface area contributed by atoms with Crippen LogP contribution in [-0.2, 0) is 6.18 Å². The monoisotopic (exact) mass is 404 g/mol. The van der Waals surface area contributed by atoms with E-state index in [9.17, 15) is 18.0 Å². The molecule has 1 aromatic heterocycles. The zero-order chi connectivity index (χ0) is 20.9. The van der Waals surface area contributed by atoms with Crippen molar-refractivity contribution in [3.63, 3.8) is 0 Å². The maximum absolute atomic E-state index is 13.0. The number of amides is 2. The second-order valence-electron chi connectivity index (χ2n) is 6.73. The summed E-state index contributed by atoms with van der Waals surface area (Å²) >= 11 is 0. The van der Waals surface area contributed by atoms with Crippen molar-refractivity contribution in [1.29, 1.82) is 5.26 Å². The van der Waals surface area contributed by atoms with Crippen LogP contribution in [0.4, 0.5) is 23.7 Å². The molecule has 0 radical (unpaired) electrons. The van der Waals surface area contributed by atoms with Crippen LogP contribution in [0.25, 0.3) is 0 Å². The second-order valence-corrected chi connectivity index (χ2v) is 6.73. The van der Waals surface area contributed by atoms with E-state index in [1.807, 2.05) is 6.07 Å². The summed E-state index contributed by atoms with van der Waals surface area (Å²) in [5.41, 5.74) is -0.716. The highest BCUT2D eigenvalue weighted by Crippen LogP contribution is 2.34. The van der Waals surface area contributed by atoms with Gasteiger partial charge in [0, 0.05) is 18.3 Å². The first-order valence-electron chi connectivity index (χ1n) is 9.11. The lowest BCUT2D eigenvalue weighted by Gasteiger charge is -2.29. The fourth-order valence-electron chi connectivity index (χ4n) is 3.20. The van der Waals surface area contributed by atoms with Crippen LogP contribution in [0, 0.1) is 11.3 Å². The summed E-state index contributed by atoms with van der Waals surface area (Å²) in [5, 5.41) is 13.8. The SMILES string of the molecule is N#Cc1ccc(OC2CCC(NC(=O)Nc3ccccc3C(F)(F)F)CC2)nc1. The number of benzene rings is 1. The quantitative estimate of drug-likeness (QED) is 0.786. The van der Waals surface area contributed by atoms with Gasteiger partial charge in [-0.25, -0.2) is 9.78 Å². The summed E-state index contributed by atoms with van der Waals surface area (Å²) < 4.78 is 44.8. The van der Waals surface area contributed by atoms with E-state index in [-0.39, 0.29) is 17.8 Å². The van der Waals surface area contributed by atoms with Crippen LogP contribution >= 0.6 is 0 Å². The second kappa shape index (κ2) is 8.82. The molecule has 2 aromatic rings. The highest BCUT2D eigenvalue weighted by Gasteiger charge is 2.33. The first kappa shape index (κ1) is 20.5. The predicted octanol–water partition coefficient (Wildman–Crippen LogP) is 4.48. The number of pyridine rings is 1. The molecule has 1 saturated carbocycles. The van der Waals surface area contributed by atoms with Gasteiger partial charge in [0.1, 0.15) is 12.2 Å². The molecule has 3 rings (SSSR count). The summed E-state index contributed by atoms with van der Waals surface area (Å²) in [5.74, 6) is 0.432. The average molecular weight is 404 g/mol. The van der Waals surface area contributed by atoms with Gasteiger partial charge in [0.05, 0.1) is 16.8 Å². The minimum Gasteiger partial charge on any atom is -0.474 e. The Morgan fingerprint density at radius 1 is 1.14 bits per heavy atom. The highest BCUT2D eigenvalue weighted by molar-refractivity contribution is 5.90. The molecular formula is C20H19F3N4O2. The Kier molecular flexibility index (Phi) is 6.22. The van der Waals surface area contributed by atoms with E-state index >= 15 is 0 Å². The van der Waals surface area contributed by atoms with Crippen molar-refractivity contribution in [2.45, 2.75) is 44.0 Å². The third-order valence-corrected chi connectivity index (χ3v) is 4.64. The van der Waals surface area contributed by atoms with Crippen LogP contribution in [0.2, 0.25) is 0 Å². The normalized spacial score (nSPS) is 19.1. The summed E-state index contributed by atoms with van der Waals surface area (Å²) in [4.78, 5) is 16.2. The van der Waals surface area contributed by atoms with Crippen LogP contribution in [0.1, 0.15) is 36.8 Å². The maximum Gasteiger partial charge on any atom is 0.418 e. The molecule has 1 fully saturated rings. The number of urea groups is 1. The van der Waals surface area contributed by atoms with Gasteiger partial charge in [0.2, 0.25) is 5.88 Å². The van der Waals surface area contributed by atoms with Crippen LogP contribution < -0.4 is 15.4 Å². The van der Waals surface area contributed by atoms with Crippen LogP contribution in [0.3, 0.4) is 0 Å². The van der Waals surface area contributed by atoms with Crippen LogP contribution in [0.5, 0.6) is 5.88 Å². The first-order valence-corrected chi connectivity index (χ1v) is 9.11. The third kappa shape index (κ3) is 5.60. The standard InChI is InChI=1S/C20H19F3N4O2/c21-20(22,23)16-3-1-2-4-17(16)27-19(28)26-14-6-8-15(9-7-14)29-18-10-5-13(11-24)12-25-18/h1-5,10,12,14-15H,6-9H2,(H2,26,27,28). The van der Waals surface area contributed by atoms with Crippen molar-refractivity contribution in [1.82, 2.24) is 10.3 Å². The molecule has 2 amide bonds. The van der Waals surface area contributed by atoms with Gasteiger partial charge in [0.15, 0.2) is 0 Å². The van der Waals surface area contributed by atoms with E-state index in [1.54, 1.807) is 12.1 Å². The number of nitriles is 1. The third-order valence-electron chi connectivity index (χ3n) is 4.64. The van der Waals surface area contributed by atoms with Gasteiger partial charge in [-0.2, -0.15) is 18.4 Å². The fourth-order valence-corrected chi connectivity index (χ4v) is 3.20. The Morgan fingerprint density at radius 2 is 1.86 bits per heavy atom. The van der Waals surface area contributed by atoms with Gasteiger partial charge in [-0.15, -0.1) is 0 Å². The number of alkyl halides is 3. The van der Waals surface area contributed by atoms with Gasteiger partial charge >= 0.3 is 12.2 Å². The molecule has 1 aliphatic rings. The molecule has 0 saturated heterocycles. The van der Waals surface area contributed by atoms with E-state index in [2.05, 4.69) is 15.6 Å². The van der Waals surface area contributed by atoms with E-state index < -0.39 is 17.8 Å². The molecule has 2 N–H and O–H groups in total. The van der Waals surface area contributed by atoms with Crippen molar-refractivity contribution in [3.8, 4) is 11.9 Å². The predicted molar refractivity (Wildman–Crippen MR) is 99.2 cm³/mol. The molecule has 0 aliphatic heterocycles. The molecule has 1 heterocycles. The number of nitrogens with zero attached hydrogens (tertiary/aromatic N) is 2. The summed E-state index contributed by atoms with van der Waals surface area (Å²) in [7, 11) is 0. The van der Waals surface area contributed by atoms with Crippen molar-refractivity contribution >= 4 is 11.7 Å². The lowest BCUT2D eigenvalue weighted by atomic mass is 9.93. The number of rotatable bonds is 4. The smallest absolute Gasteiger partial charge is 0.418 e. The molecule has 29 heavy (non-hydrogen) atoms. The molecule has 9 heteroatoms. The summed E-state index contributed by atoms with van der Waals surface area (Å²) in [6, 6.07) is 9.28. The van der Waals surface area contributed by atoms with Crippen molar-refractivity contribution in [3.05, 3.63) is 53.7 Å². The Balaban J connectivity index is 1.48. The minimum absolute atomic E-state index is 0.0671. The van der Waals surface area contributed by atoms with E-state index in [4.69, 9.17) is 10.00 Å². The summed E-state index contributed by atoms with van der Waals surface area (Å²) in [6.07, 6.45) is -0.561. The number of anilines is 1. The highest BCUT2D eigenvalue weighted by atomic mass is 19.4.